The zero-order valence-corrected chi connectivity index (χ0v) is 15.6. The number of nitrogens with one attached hydrogen (secondary N) is 1. The van der Waals surface area contributed by atoms with Crippen molar-refractivity contribution in [3.05, 3.63) is 75.7 Å². The van der Waals surface area contributed by atoms with Crippen molar-refractivity contribution < 1.29 is 22.0 Å². The van der Waals surface area contributed by atoms with E-state index in [0.717, 1.165) is 29.7 Å². The van der Waals surface area contributed by atoms with Crippen LogP contribution in [0.3, 0.4) is 0 Å². The quantitative estimate of drug-likeness (QED) is 0.635. The highest BCUT2D eigenvalue weighted by Crippen LogP contribution is 2.24. The van der Waals surface area contributed by atoms with E-state index in [9.17, 15) is 22.0 Å². The fraction of sp³-hybridized carbons (Fsp3) is 0. The number of thiophene rings is 1. The summed E-state index contributed by atoms with van der Waals surface area (Å²) >= 11 is 0.972. The van der Waals surface area contributed by atoms with Crippen LogP contribution in [0.4, 0.5) is 14.5 Å². The van der Waals surface area contributed by atoms with Crippen molar-refractivity contribution in [1.82, 2.24) is 4.98 Å². The van der Waals surface area contributed by atoms with Gasteiger partial charge in [0.25, 0.3) is 15.9 Å². The molecule has 3 N–H and O–H groups in total. The Morgan fingerprint density at radius 3 is 2.57 bits per heavy atom. The molecule has 0 aliphatic carbocycles. The third kappa shape index (κ3) is 4.16. The molecule has 142 valence electrons. The van der Waals surface area contributed by atoms with Crippen molar-refractivity contribution in [2.24, 2.45) is 5.73 Å². The van der Waals surface area contributed by atoms with E-state index in [0.29, 0.717) is 4.88 Å². The summed E-state index contributed by atoms with van der Waals surface area (Å²) in [6, 6.07) is 7.49. The number of carbonyl (C=O) groups is 1. The molecular formula is C18H11F2N3O3S2. The van der Waals surface area contributed by atoms with Gasteiger partial charge in [-0.3, -0.25) is 14.5 Å². The molecule has 1 aromatic carbocycles. The highest BCUT2D eigenvalue weighted by molar-refractivity contribution is 7.92. The van der Waals surface area contributed by atoms with Crippen LogP contribution < -0.4 is 10.5 Å². The van der Waals surface area contributed by atoms with Crippen molar-refractivity contribution >= 4 is 33.0 Å². The molecule has 3 rings (SSSR count). The molecule has 0 bridgehead atoms. The Hall–Kier alpha value is -3.29. The summed E-state index contributed by atoms with van der Waals surface area (Å²) in [7, 11) is -4.11. The monoisotopic (exact) mass is 419 g/mol. The molecule has 0 spiro atoms. The number of nitrogens with zero attached hydrogens (tertiary/aromatic N) is 1. The van der Waals surface area contributed by atoms with Gasteiger partial charge in [0.15, 0.2) is 5.82 Å². The Labute approximate surface area is 163 Å². The highest BCUT2D eigenvalue weighted by atomic mass is 32.2. The van der Waals surface area contributed by atoms with Crippen molar-refractivity contribution in [2.45, 2.75) is 4.90 Å². The molecule has 0 aliphatic heterocycles. The van der Waals surface area contributed by atoms with Crippen LogP contribution >= 0.6 is 11.3 Å². The molecule has 0 radical (unpaired) electrons. The Morgan fingerprint density at radius 1 is 1.14 bits per heavy atom. The number of primary amides is 1. The van der Waals surface area contributed by atoms with E-state index in [4.69, 9.17) is 5.73 Å². The molecule has 10 heteroatoms. The smallest absolute Gasteiger partial charge is 0.263 e. The van der Waals surface area contributed by atoms with Crippen LogP contribution in [0.25, 0.3) is 0 Å². The molecule has 0 unspecified atom stereocenters. The lowest BCUT2D eigenvalue weighted by molar-refractivity contribution is 0.100. The maximum absolute atomic E-state index is 14.7. The molecule has 6 nitrogen and oxygen atoms in total. The molecular weight excluding hydrogens is 408 g/mol. The van der Waals surface area contributed by atoms with Crippen molar-refractivity contribution in [3.8, 4) is 11.8 Å². The zero-order valence-electron chi connectivity index (χ0n) is 13.9. The standard InChI is InChI=1S/C18H11F2N3O3S2/c19-14-6-7-15(23-28(25,26)12-2-1-9-22-10-12)17(20)13(14)5-3-11-4-8-16(27-11)18(21)24/h1-2,4,6-10,23H,(H2,21,24). The van der Waals surface area contributed by atoms with Gasteiger partial charge in [-0.05, 0) is 36.4 Å². The van der Waals surface area contributed by atoms with Gasteiger partial charge in [-0.25, -0.2) is 17.2 Å². The molecule has 28 heavy (non-hydrogen) atoms. The average molecular weight is 419 g/mol. The van der Waals surface area contributed by atoms with Crippen molar-refractivity contribution in [3.63, 3.8) is 0 Å². The number of anilines is 1. The first-order valence-corrected chi connectivity index (χ1v) is 9.90. The van der Waals surface area contributed by atoms with Gasteiger partial charge in [-0.15, -0.1) is 11.3 Å². The van der Waals surface area contributed by atoms with Gasteiger partial charge in [0, 0.05) is 12.4 Å². The first-order valence-electron chi connectivity index (χ1n) is 7.60. The van der Waals surface area contributed by atoms with E-state index >= 15 is 0 Å². The Morgan fingerprint density at radius 2 is 1.93 bits per heavy atom. The predicted octanol–water partition coefficient (Wildman–Crippen LogP) is 2.72. The van der Waals surface area contributed by atoms with Crippen LogP contribution in [-0.4, -0.2) is 19.3 Å². The van der Waals surface area contributed by atoms with Crippen LogP contribution in [0.15, 0.2) is 53.7 Å². The number of pyridine rings is 1. The maximum atomic E-state index is 14.7. The van der Waals surface area contributed by atoms with E-state index < -0.39 is 38.8 Å². The van der Waals surface area contributed by atoms with Crippen molar-refractivity contribution in [2.75, 3.05) is 4.72 Å². The number of rotatable bonds is 4. The lowest BCUT2D eigenvalue weighted by Crippen LogP contribution is -2.14. The minimum absolute atomic E-state index is 0.177. The number of benzene rings is 1. The first-order chi connectivity index (χ1) is 13.3. The fourth-order valence-electron chi connectivity index (χ4n) is 2.12. The van der Waals surface area contributed by atoms with Gasteiger partial charge in [-0.2, -0.15) is 0 Å². The number of nitrogens with two attached hydrogens (primary N) is 1. The van der Waals surface area contributed by atoms with E-state index in [1.54, 1.807) is 0 Å². The van der Waals surface area contributed by atoms with Gasteiger partial charge < -0.3 is 5.73 Å². The topological polar surface area (TPSA) is 102 Å². The maximum Gasteiger partial charge on any atom is 0.263 e. The number of aromatic nitrogens is 1. The second-order valence-electron chi connectivity index (χ2n) is 5.36. The van der Waals surface area contributed by atoms with Crippen LogP contribution in [0.5, 0.6) is 0 Å². The van der Waals surface area contributed by atoms with E-state index in [1.807, 2.05) is 0 Å². The first kappa shape index (κ1) is 19.5. The lowest BCUT2D eigenvalue weighted by atomic mass is 10.1. The molecule has 2 aromatic heterocycles. The van der Waals surface area contributed by atoms with Gasteiger partial charge in [-0.1, -0.05) is 11.8 Å². The molecule has 2 heterocycles. The average Bonchev–Trinajstić information content (AvgIpc) is 3.14. The summed E-state index contributed by atoms with van der Waals surface area (Å²) in [5.41, 5.74) is 4.07. The number of sulfonamides is 1. The second-order valence-corrected chi connectivity index (χ2v) is 8.12. The van der Waals surface area contributed by atoms with Crippen LogP contribution in [-0.2, 0) is 10.0 Å². The summed E-state index contributed by atoms with van der Waals surface area (Å²) in [5, 5.41) is 0. The second kappa shape index (κ2) is 7.75. The molecule has 0 fully saturated rings. The van der Waals surface area contributed by atoms with E-state index in [2.05, 4.69) is 21.5 Å². The number of halogens is 2. The predicted molar refractivity (Wildman–Crippen MR) is 100 cm³/mol. The van der Waals surface area contributed by atoms with Crippen molar-refractivity contribution in [1.29, 1.82) is 0 Å². The molecule has 3 aromatic rings. The molecule has 0 aliphatic rings. The number of carbonyl (C=O) groups excluding carboxylic acids is 1. The highest BCUT2D eigenvalue weighted by Gasteiger charge is 2.19. The Bertz CT molecular complexity index is 1210. The summed E-state index contributed by atoms with van der Waals surface area (Å²) in [4.78, 5) is 15.2. The summed E-state index contributed by atoms with van der Waals surface area (Å²) < 4.78 is 55.3. The van der Waals surface area contributed by atoms with Gasteiger partial charge in [0.05, 0.1) is 21.0 Å². The summed E-state index contributed by atoms with van der Waals surface area (Å²) in [5.74, 6) is 2.11. The SMILES string of the molecule is NC(=O)c1ccc(C#Cc2c(F)ccc(NS(=O)(=O)c3cccnc3)c2F)s1. The molecule has 0 atom stereocenters. The van der Waals surface area contributed by atoms with Gasteiger partial charge >= 0.3 is 0 Å². The zero-order chi connectivity index (χ0) is 20.3. The third-order valence-corrected chi connectivity index (χ3v) is 5.81. The number of amides is 1. The molecule has 0 saturated carbocycles. The van der Waals surface area contributed by atoms with E-state index in [1.165, 1.54) is 30.5 Å². The van der Waals surface area contributed by atoms with Crippen LogP contribution in [0.2, 0.25) is 0 Å². The minimum atomic E-state index is -4.11. The Balaban J connectivity index is 1.95. The van der Waals surface area contributed by atoms with Gasteiger partial charge in [0.1, 0.15) is 10.7 Å². The normalized spacial score (nSPS) is 10.8. The molecule has 1 amide bonds. The minimum Gasteiger partial charge on any atom is -0.365 e. The molecule has 0 saturated heterocycles. The Kier molecular flexibility index (Phi) is 5.39. The van der Waals surface area contributed by atoms with Crippen LogP contribution in [0.1, 0.15) is 20.1 Å². The fourth-order valence-corrected chi connectivity index (χ4v) is 3.85. The number of hydrogen-bond acceptors (Lipinski definition) is 5. The largest absolute Gasteiger partial charge is 0.365 e. The van der Waals surface area contributed by atoms with E-state index in [-0.39, 0.29) is 9.77 Å². The van der Waals surface area contributed by atoms with Gasteiger partial charge in [0.2, 0.25) is 0 Å². The summed E-state index contributed by atoms with van der Waals surface area (Å²) in [6.45, 7) is 0. The van der Waals surface area contributed by atoms with Crippen LogP contribution in [0, 0.1) is 23.5 Å². The summed E-state index contributed by atoms with van der Waals surface area (Å²) in [6.07, 6.45) is 2.48. The lowest BCUT2D eigenvalue weighted by Gasteiger charge is -2.10. The number of hydrogen-bond donors (Lipinski definition) is 2. The third-order valence-electron chi connectivity index (χ3n) is 3.44.